The van der Waals surface area contributed by atoms with Gasteiger partial charge in [-0.05, 0) is 38.1 Å². The molecule has 1 fully saturated rings. The van der Waals surface area contributed by atoms with Crippen LogP contribution in [0.5, 0.6) is 0 Å². The van der Waals surface area contributed by atoms with E-state index in [4.69, 9.17) is 4.74 Å². The van der Waals surface area contributed by atoms with Crippen molar-refractivity contribution in [3.8, 4) is 0 Å². The van der Waals surface area contributed by atoms with Crippen molar-refractivity contribution in [1.82, 2.24) is 10.2 Å². The van der Waals surface area contributed by atoms with E-state index in [1.807, 2.05) is 6.07 Å². The van der Waals surface area contributed by atoms with Gasteiger partial charge < -0.3 is 10.1 Å². The summed E-state index contributed by atoms with van der Waals surface area (Å²) < 4.78 is 19.0. The zero-order valence-corrected chi connectivity index (χ0v) is 12.7. The quantitative estimate of drug-likeness (QED) is 0.897. The minimum atomic E-state index is -0.178. The molecule has 1 atom stereocenters. The highest BCUT2D eigenvalue weighted by Crippen LogP contribution is 2.32. The third kappa shape index (κ3) is 3.37. The molecule has 3 nitrogen and oxygen atoms in total. The first-order chi connectivity index (χ1) is 9.55. The number of ether oxygens (including phenoxy) is 1. The number of likely N-dealkylation sites (N-methyl/N-ethyl adjacent to an activating group) is 1. The standard InChI is InChI=1S/C16H25FN2O/c1-4-18-15(13-6-5-7-14(17)12-13)16(2,3)19-8-10-20-11-9-19/h5-7,12,15,18H,4,8-11H2,1-3H3. The van der Waals surface area contributed by atoms with Crippen LogP contribution in [0.1, 0.15) is 32.4 Å². The van der Waals surface area contributed by atoms with Gasteiger partial charge in [-0.25, -0.2) is 4.39 Å². The third-order valence-electron chi connectivity index (χ3n) is 4.12. The fourth-order valence-corrected chi connectivity index (χ4v) is 2.99. The second kappa shape index (κ2) is 6.66. The molecule has 1 aromatic rings. The van der Waals surface area contributed by atoms with Crippen molar-refractivity contribution in [2.45, 2.75) is 32.4 Å². The average molecular weight is 280 g/mol. The normalized spacial score (nSPS) is 19.0. The molecule has 0 amide bonds. The topological polar surface area (TPSA) is 24.5 Å². The maximum atomic E-state index is 13.5. The summed E-state index contributed by atoms with van der Waals surface area (Å²) in [5.41, 5.74) is 0.913. The van der Waals surface area contributed by atoms with Crippen LogP contribution in [-0.2, 0) is 4.74 Å². The Kier molecular flexibility index (Phi) is 5.13. The monoisotopic (exact) mass is 280 g/mol. The van der Waals surface area contributed by atoms with Gasteiger partial charge in [0.05, 0.1) is 19.3 Å². The number of hydrogen-bond donors (Lipinski definition) is 1. The molecule has 0 radical (unpaired) electrons. The first-order valence-corrected chi connectivity index (χ1v) is 7.37. The third-order valence-corrected chi connectivity index (χ3v) is 4.12. The summed E-state index contributed by atoms with van der Waals surface area (Å²) in [6.07, 6.45) is 0. The first-order valence-electron chi connectivity index (χ1n) is 7.37. The molecule has 112 valence electrons. The molecule has 1 aliphatic heterocycles. The van der Waals surface area contributed by atoms with E-state index >= 15 is 0 Å². The molecule has 1 aromatic carbocycles. The van der Waals surface area contributed by atoms with Gasteiger partial charge in [0.2, 0.25) is 0 Å². The lowest BCUT2D eigenvalue weighted by Gasteiger charge is -2.46. The maximum absolute atomic E-state index is 13.5. The molecule has 1 unspecified atom stereocenters. The van der Waals surface area contributed by atoms with Crippen molar-refractivity contribution < 1.29 is 9.13 Å². The van der Waals surface area contributed by atoms with E-state index in [2.05, 4.69) is 31.0 Å². The molecule has 20 heavy (non-hydrogen) atoms. The molecule has 2 rings (SSSR count). The zero-order chi connectivity index (χ0) is 14.6. The number of morpholine rings is 1. The summed E-state index contributed by atoms with van der Waals surface area (Å²) >= 11 is 0. The molecule has 1 aliphatic rings. The number of nitrogens with zero attached hydrogens (tertiary/aromatic N) is 1. The van der Waals surface area contributed by atoms with Crippen molar-refractivity contribution in [2.75, 3.05) is 32.8 Å². The Morgan fingerprint density at radius 3 is 2.65 bits per heavy atom. The molecular weight excluding hydrogens is 255 g/mol. The molecule has 0 aliphatic carbocycles. The van der Waals surface area contributed by atoms with Crippen LogP contribution in [0.3, 0.4) is 0 Å². The molecule has 1 saturated heterocycles. The fraction of sp³-hybridized carbons (Fsp3) is 0.625. The molecule has 0 saturated carbocycles. The van der Waals surface area contributed by atoms with Crippen LogP contribution >= 0.6 is 0 Å². The molecule has 1 heterocycles. The Hall–Kier alpha value is -0.970. The largest absolute Gasteiger partial charge is 0.379 e. The predicted molar refractivity (Wildman–Crippen MR) is 79.3 cm³/mol. The van der Waals surface area contributed by atoms with Crippen LogP contribution < -0.4 is 5.32 Å². The maximum Gasteiger partial charge on any atom is 0.123 e. The van der Waals surface area contributed by atoms with Gasteiger partial charge in [-0.3, -0.25) is 4.90 Å². The van der Waals surface area contributed by atoms with Gasteiger partial charge >= 0.3 is 0 Å². The Morgan fingerprint density at radius 1 is 1.35 bits per heavy atom. The Morgan fingerprint density at radius 2 is 2.05 bits per heavy atom. The van der Waals surface area contributed by atoms with Gasteiger partial charge in [-0.1, -0.05) is 19.1 Å². The Bertz CT molecular complexity index is 430. The summed E-state index contributed by atoms with van der Waals surface area (Å²) in [6, 6.07) is 7.01. The van der Waals surface area contributed by atoms with Gasteiger partial charge in [-0.2, -0.15) is 0 Å². The van der Waals surface area contributed by atoms with Gasteiger partial charge in [-0.15, -0.1) is 0 Å². The van der Waals surface area contributed by atoms with E-state index < -0.39 is 0 Å². The van der Waals surface area contributed by atoms with Crippen LogP contribution in [0.4, 0.5) is 4.39 Å². The van der Waals surface area contributed by atoms with Crippen molar-refractivity contribution in [2.24, 2.45) is 0 Å². The Balaban J connectivity index is 2.26. The van der Waals surface area contributed by atoms with Crippen molar-refractivity contribution in [3.63, 3.8) is 0 Å². The fourth-order valence-electron chi connectivity index (χ4n) is 2.99. The summed E-state index contributed by atoms with van der Waals surface area (Å²) in [5, 5.41) is 3.51. The molecule has 0 bridgehead atoms. The lowest BCUT2D eigenvalue weighted by molar-refractivity contribution is -0.0236. The molecule has 4 heteroatoms. The highest BCUT2D eigenvalue weighted by atomic mass is 19.1. The smallest absolute Gasteiger partial charge is 0.123 e. The van der Waals surface area contributed by atoms with Crippen molar-refractivity contribution >= 4 is 0 Å². The lowest BCUT2D eigenvalue weighted by Crippen LogP contribution is -2.56. The Labute approximate surface area is 121 Å². The van der Waals surface area contributed by atoms with E-state index in [-0.39, 0.29) is 17.4 Å². The summed E-state index contributed by atoms with van der Waals surface area (Å²) in [7, 11) is 0. The minimum absolute atomic E-state index is 0.0897. The van der Waals surface area contributed by atoms with Crippen LogP contribution in [0.25, 0.3) is 0 Å². The van der Waals surface area contributed by atoms with E-state index in [9.17, 15) is 4.39 Å². The predicted octanol–water partition coefficient (Wildman–Crippen LogP) is 2.59. The number of hydrogen-bond acceptors (Lipinski definition) is 3. The SMILES string of the molecule is CCNC(c1cccc(F)c1)C(C)(C)N1CCOCC1. The summed E-state index contributed by atoms with van der Waals surface area (Å²) in [6.45, 7) is 10.8. The minimum Gasteiger partial charge on any atom is -0.379 e. The number of rotatable bonds is 5. The van der Waals surface area contributed by atoms with E-state index in [1.165, 1.54) is 6.07 Å². The van der Waals surface area contributed by atoms with Crippen LogP contribution in [0.2, 0.25) is 0 Å². The van der Waals surface area contributed by atoms with Gasteiger partial charge in [0.25, 0.3) is 0 Å². The van der Waals surface area contributed by atoms with Gasteiger partial charge in [0.1, 0.15) is 5.82 Å². The average Bonchev–Trinajstić information content (AvgIpc) is 2.45. The van der Waals surface area contributed by atoms with Crippen LogP contribution in [0, 0.1) is 5.82 Å². The highest BCUT2D eigenvalue weighted by Gasteiger charge is 2.36. The van der Waals surface area contributed by atoms with Gasteiger partial charge in [0.15, 0.2) is 0 Å². The zero-order valence-electron chi connectivity index (χ0n) is 12.7. The van der Waals surface area contributed by atoms with Gasteiger partial charge in [0, 0.05) is 18.6 Å². The highest BCUT2D eigenvalue weighted by molar-refractivity contribution is 5.23. The van der Waals surface area contributed by atoms with E-state index in [0.717, 1.165) is 38.4 Å². The van der Waals surface area contributed by atoms with Crippen molar-refractivity contribution in [1.29, 1.82) is 0 Å². The molecule has 0 aromatic heterocycles. The first kappa shape index (κ1) is 15.4. The number of halogens is 1. The van der Waals surface area contributed by atoms with E-state index in [0.29, 0.717) is 0 Å². The summed E-state index contributed by atoms with van der Waals surface area (Å²) in [4.78, 5) is 2.43. The number of nitrogens with one attached hydrogen (secondary N) is 1. The molecule has 0 spiro atoms. The molecule has 1 N–H and O–H groups in total. The van der Waals surface area contributed by atoms with Crippen molar-refractivity contribution in [3.05, 3.63) is 35.6 Å². The lowest BCUT2D eigenvalue weighted by atomic mass is 9.86. The number of benzene rings is 1. The van der Waals surface area contributed by atoms with E-state index in [1.54, 1.807) is 12.1 Å². The second-order valence-corrected chi connectivity index (χ2v) is 5.80. The van der Waals surface area contributed by atoms with Crippen LogP contribution in [0.15, 0.2) is 24.3 Å². The van der Waals surface area contributed by atoms with Crippen LogP contribution in [-0.4, -0.2) is 43.3 Å². The summed E-state index contributed by atoms with van der Waals surface area (Å²) in [5.74, 6) is -0.178. The molecular formula is C16H25FN2O. The second-order valence-electron chi connectivity index (χ2n) is 5.80.